The molecule has 4 aromatic heterocycles. The fourth-order valence-electron chi connectivity index (χ4n) is 9.58. The van der Waals surface area contributed by atoms with Crippen LogP contribution in [0.2, 0.25) is 0 Å². The van der Waals surface area contributed by atoms with Crippen LogP contribution < -0.4 is 26.4 Å². The maximum atomic E-state index is 13.5. The van der Waals surface area contributed by atoms with E-state index in [0.29, 0.717) is 47.9 Å². The number of fused-ring (bicyclic) bond motifs is 2. The van der Waals surface area contributed by atoms with Crippen LogP contribution in [-0.4, -0.2) is 112 Å². The van der Waals surface area contributed by atoms with E-state index >= 15 is 0 Å². The van der Waals surface area contributed by atoms with Gasteiger partial charge in [-0.15, -0.1) is 5.10 Å². The lowest BCUT2D eigenvalue weighted by Crippen LogP contribution is -2.54. The number of ketones is 1. The van der Waals surface area contributed by atoms with E-state index in [0.717, 1.165) is 81.0 Å². The monoisotopic (exact) mass is 897 g/mol. The second kappa shape index (κ2) is 18.7. The lowest BCUT2D eigenvalue weighted by Gasteiger charge is -2.35. The number of nitrogens with one attached hydrogen (secondary N) is 3. The van der Waals surface area contributed by atoms with Gasteiger partial charge >= 0.3 is 0 Å². The number of nitrogens with zero attached hydrogens (tertiary/aromatic N) is 10. The molecule has 3 N–H and O–H groups in total. The minimum absolute atomic E-state index is 0.0217. The standard InChI is InChI=1S/C46H51N13O7/c1-27-39(28(2)60)44(65)58(30-9-5-6-10-30)35-24-48-46(52-41(27)35)50-36-16-14-31(23-47-36)56-21-19-55(20-22-56)25-29-26-57(54-53-29)18-7-3-4-13-37(61)49-33-12-8-11-32-40(33)45(66)59(43(32)64)34-15-17-38(62)51-42(34)63/h8,11-12,14,16,23-24,26,30,34H,3-7,9-10,13,15,17-22,25H2,1-2H3,(H,49,61)(H,51,62,63)(H,47,48,50,52). The maximum Gasteiger partial charge on any atom is 0.264 e. The summed E-state index contributed by atoms with van der Waals surface area (Å²) in [4.78, 5) is 109. The Morgan fingerprint density at radius 2 is 1.70 bits per heavy atom. The highest BCUT2D eigenvalue weighted by atomic mass is 16.2. The zero-order chi connectivity index (χ0) is 46.1. The summed E-state index contributed by atoms with van der Waals surface area (Å²) < 4.78 is 3.55. The lowest BCUT2D eigenvalue weighted by atomic mass is 10.0. The molecule has 0 bridgehead atoms. The summed E-state index contributed by atoms with van der Waals surface area (Å²) >= 11 is 0. The fraction of sp³-hybridized carbons (Fsp3) is 0.435. The molecular weight excluding hydrogens is 847 g/mol. The smallest absolute Gasteiger partial charge is 0.264 e. The van der Waals surface area contributed by atoms with Gasteiger partial charge in [0.2, 0.25) is 23.7 Å². The van der Waals surface area contributed by atoms with Crippen molar-refractivity contribution in [3.05, 3.63) is 87.2 Å². The van der Waals surface area contributed by atoms with Gasteiger partial charge in [0.05, 0.1) is 57.2 Å². The topological polar surface area (TPSA) is 240 Å². The number of piperazine rings is 1. The number of carbonyl (C=O) groups is 6. The van der Waals surface area contributed by atoms with Gasteiger partial charge in [-0.05, 0) is 75.8 Å². The molecule has 1 aromatic carbocycles. The fourth-order valence-corrected chi connectivity index (χ4v) is 9.58. The van der Waals surface area contributed by atoms with Crippen LogP contribution in [0.3, 0.4) is 0 Å². The Bertz CT molecular complexity index is 2810. The largest absolute Gasteiger partial charge is 0.368 e. The van der Waals surface area contributed by atoms with Crippen LogP contribution in [0, 0.1) is 6.92 Å². The number of amides is 5. The normalized spacial score (nSPS) is 18.0. The van der Waals surface area contributed by atoms with Crippen molar-refractivity contribution in [1.29, 1.82) is 0 Å². The van der Waals surface area contributed by atoms with Crippen LogP contribution in [0.5, 0.6) is 0 Å². The summed E-state index contributed by atoms with van der Waals surface area (Å²) in [5.41, 5.74) is 3.95. The van der Waals surface area contributed by atoms with E-state index in [1.807, 2.05) is 29.2 Å². The molecule has 5 aromatic rings. The van der Waals surface area contributed by atoms with Crippen molar-refractivity contribution in [2.45, 2.75) is 103 Å². The predicted molar refractivity (Wildman–Crippen MR) is 241 cm³/mol. The number of benzene rings is 1. The first-order chi connectivity index (χ1) is 31.9. The van der Waals surface area contributed by atoms with Gasteiger partial charge in [0.15, 0.2) is 5.78 Å². The summed E-state index contributed by atoms with van der Waals surface area (Å²) in [6.45, 7) is 7.81. The Hall–Kier alpha value is -7.22. The first-order valence-corrected chi connectivity index (χ1v) is 22.6. The molecule has 20 nitrogen and oxygen atoms in total. The Balaban J connectivity index is 0.708. The van der Waals surface area contributed by atoms with Gasteiger partial charge in [-0.2, -0.15) is 0 Å². The van der Waals surface area contributed by atoms with Crippen molar-refractivity contribution in [2.24, 2.45) is 0 Å². The van der Waals surface area contributed by atoms with Crippen molar-refractivity contribution >= 4 is 69.5 Å². The van der Waals surface area contributed by atoms with E-state index < -0.39 is 29.7 Å². The van der Waals surface area contributed by atoms with E-state index in [-0.39, 0.29) is 64.9 Å². The minimum Gasteiger partial charge on any atom is -0.368 e. The molecule has 1 aliphatic carbocycles. The molecule has 0 spiro atoms. The summed E-state index contributed by atoms with van der Waals surface area (Å²) in [6, 6.07) is 7.47. The van der Waals surface area contributed by atoms with Crippen molar-refractivity contribution in [3.63, 3.8) is 0 Å². The van der Waals surface area contributed by atoms with Gasteiger partial charge in [0.25, 0.3) is 17.4 Å². The van der Waals surface area contributed by atoms with Crippen molar-refractivity contribution in [1.82, 2.24) is 49.6 Å². The molecule has 4 aliphatic rings. The number of unbranched alkanes of at least 4 members (excludes halogenated alkanes) is 2. The predicted octanol–water partition coefficient (Wildman–Crippen LogP) is 4.07. The zero-order valence-electron chi connectivity index (χ0n) is 36.9. The summed E-state index contributed by atoms with van der Waals surface area (Å²) in [7, 11) is 0. The Morgan fingerprint density at radius 3 is 2.44 bits per heavy atom. The van der Waals surface area contributed by atoms with Crippen LogP contribution >= 0.6 is 0 Å². The minimum atomic E-state index is -1.09. The summed E-state index contributed by atoms with van der Waals surface area (Å²) in [5.74, 6) is -2.09. The van der Waals surface area contributed by atoms with E-state index in [2.05, 4.69) is 46.0 Å². The van der Waals surface area contributed by atoms with E-state index in [1.165, 1.54) is 13.0 Å². The lowest BCUT2D eigenvalue weighted by molar-refractivity contribution is -0.136. The number of hydrogen-bond acceptors (Lipinski definition) is 15. The van der Waals surface area contributed by atoms with Crippen LogP contribution in [0.25, 0.3) is 11.0 Å². The number of carbonyl (C=O) groups excluding carboxylic acids is 6. The van der Waals surface area contributed by atoms with Crippen LogP contribution in [-0.2, 0) is 27.5 Å². The number of pyridine rings is 2. The maximum absolute atomic E-state index is 13.5. The zero-order valence-corrected chi connectivity index (χ0v) is 36.9. The number of imide groups is 2. The molecule has 2 saturated heterocycles. The first-order valence-electron chi connectivity index (χ1n) is 22.6. The Morgan fingerprint density at radius 1 is 0.894 bits per heavy atom. The molecule has 3 fully saturated rings. The molecule has 5 amide bonds. The number of hydrogen-bond donors (Lipinski definition) is 3. The number of aryl methyl sites for hydroxylation is 2. The highest BCUT2D eigenvalue weighted by Gasteiger charge is 2.45. The molecule has 1 saturated carbocycles. The Kier molecular flexibility index (Phi) is 12.5. The third-order valence-electron chi connectivity index (χ3n) is 13.0. The average Bonchev–Trinajstić information content (AvgIpc) is 4.05. The number of Topliss-reactive ketones (excluding diaryl/α,β-unsaturated/α-hetero) is 1. The average molecular weight is 898 g/mol. The van der Waals surface area contributed by atoms with Crippen LogP contribution in [0.15, 0.2) is 53.7 Å². The molecule has 342 valence electrons. The van der Waals surface area contributed by atoms with E-state index in [1.54, 1.807) is 29.8 Å². The highest BCUT2D eigenvalue weighted by molar-refractivity contribution is 6.26. The molecule has 1 unspecified atom stereocenters. The highest BCUT2D eigenvalue weighted by Crippen LogP contribution is 2.34. The molecule has 7 heterocycles. The molecule has 3 aliphatic heterocycles. The number of rotatable bonds is 15. The molecule has 0 radical (unpaired) electrons. The molecule has 66 heavy (non-hydrogen) atoms. The van der Waals surface area contributed by atoms with E-state index in [4.69, 9.17) is 4.98 Å². The Labute approximate surface area is 379 Å². The molecule has 1 atom stereocenters. The quantitative estimate of drug-likeness (QED) is 0.0763. The summed E-state index contributed by atoms with van der Waals surface area (Å²) in [6.07, 6.45) is 11.7. The van der Waals surface area contributed by atoms with Gasteiger partial charge in [-0.3, -0.25) is 53.4 Å². The third kappa shape index (κ3) is 8.91. The van der Waals surface area contributed by atoms with Crippen LogP contribution in [0.4, 0.5) is 23.1 Å². The third-order valence-corrected chi connectivity index (χ3v) is 13.0. The molecule has 20 heteroatoms. The van der Waals surface area contributed by atoms with Crippen molar-refractivity contribution in [3.8, 4) is 0 Å². The van der Waals surface area contributed by atoms with Gasteiger partial charge in [0, 0.05) is 64.3 Å². The van der Waals surface area contributed by atoms with Crippen LogP contribution in [0.1, 0.15) is 120 Å². The van der Waals surface area contributed by atoms with Gasteiger partial charge in [0.1, 0.15) is 11.9 Å². The van der Waals surface area contributed by atoms with Gasteiger partial charge < -0.3 is 20.1 Å². The molecule has 9 rings (SSSR count). The SMILES string of the molecule is CC(=O)c1c(C)c2nc(Nc3ccc(N4CCN(Cc5cn(CCCCCC(=O)Nc6cccc7c6C(=O)N(C6CCC(=O)NC6=O)C7=O)nn5)CC4)cn3)ncc2n(C2CCCC2)c1=O. The van der Waals surface area contributed by atoms with Crippen molar-refractivity contribution in [2.75, 3.05) is 41.7 Å². The van der Waals surface area contributed by atoms with Gasteiger partial charge in [-0.25, -0.2) is 15.0 Å². The second-order valence-corrected chi connectivity index (χ2v) is 17.4. The second-order valence-electron chi connectivity index (χ2n) is 17.4. The first kappa shape index (κ1) is 44.0. The summed E-state index contributed by atoms with van der Waals surface area (Å²) in [5, 5.41) is 16.9. The molecular formula is C46H51N13O7. The van der Waals surface area contributed by atoms with Crippen molar-refractivity contribution < 1.29 is 28.8 Å². The van der Waals surface area contributed by atoms with Gasteiger partial charge in [-0.1, -0.05) is 30.5 Å². The number of piperidine rings is 1. The van der Waals surface area contributed by atoms with E-state index in [9.17, 15) is 33.6 Å². The number of anilines is 4. The number of aromatic nitrogens is 7.